The molecule has 3 amide bonds. The average Bonchev–Trinajstić information content (AvgIpc) is 3.11. The van der Waals surface area contributed by atoms with E-state index >= 15 is 0 Å². The maximum absolute atomic E-state index is 12.9. The van der Waals surface area contributed by atoms with Crippen LogP contribution in [0.25, 0.3) is 0 Å². The first-order chi connectivity index (χ1) is 16.0. The van der Waals surface area contributed by atoms with Gasteiger partial charge in [-0.25, -0.2) is 9.59 Å². The Bertz CT molecular complexity index is 862. The minimum Gasteiger partial charge on any atom is -0.475 e. The molecular weight excluding hydrogens is 457 g/mol. The van der Waals surface area contributed by atoms with E-state index in [0.29, 0.717) is 19.6 Å². The molecule has 3 saturated heterocycles. The van der Waals surface area contributed by atoms with E-state index in [4.69, 9.17) is 14.6 Å². The summed E-state index contributed by atoms with van der Waals surface area (Å²) < 4.78 is 37.7. The topological polar surface area (TPSA) is 102 Å². The number of alkyl halides is 3. The summed E-state index contributed by atoms with van der Waals surface area (Å²) in [4.78, 5) is 40.4. The van der Waals surface area contributed by atoms with Gasteiger partial charge in [-0.15, -0.1) is 0 Å². The molecule has 12 heteroatoms. The smallest absolute Gasteiger partial charge is 0.475 e. The van der Waals surface area contributed by atoms with Gasteiger partial charge >= 0.3 is 18.2 Å². The number of aliphatic carboxylic acids is 1. The largest absolute Gasteiger partial charge is 0.490 e. The maximum atomic E-state index is 12.9. The summed E-state index contributed by atoms with van der Waals surface area (Å²) in [5.74, 6) is -2.68. The zero-order chi connectivity index (χ0) is 24.9. The number of ether oxygens (including phenoxy) is 1. The number of morpholine rings is 1. The molecule has 3 atom stereocenters. The number of nitrogens with one attached hydrogen (secondary N) is 1. The van der Waals surface area contributed by atoms with E-state index in [1.54, 1.807) is 4.90 Å². The molecule has 1 aromatic carbocycles. The number of urea groups is 1. The number of carbonyl (C=O) groups excluding carboxylic acids is 2. The van der Waals surface area contributed by atoms with Crippen molar-refractivity contribution in [2.45, 2.75) is 31.3 Å². The number of carboxylic acid groups (broad SMARTS) is 1. The van der Waals surface area contributed by atoms with Crippen molar-refractivity contribution < 1.29 is 37.4 Å². The first kappa shape index (κ1) is 25.8. The van der Waals surface area contributed by atoms with Gasteiger partial charge in [0.1, 0.15) is 0 Å². The molecule has 0 spiro atoms. The number of likely N-dealkylation sites (N-methyl/N-ethyl adjacent to an activating group) is 1. The van der Waals surface area contributed by atoms with Crippen LogP contribution in [0.3, 0.4) is 0 Å². The van der Waals surface area contributed by atoms with Crippen LogP contribution in [0.5, 0.6) is 0 Å². The molecule has 2 N–H and O–H groups in total. The number of amides is 3. The van der Waals surface area contributed by atoms with Crippen LogP contribution in [0, 0.1) is 5.92 Å². The van der Waals surface area contributed by atoms with E-state index in [0.717, 1.165) is 38.2 Å². The second-order valence-electron chi connectivity index (χ2n) is 8.62. The van der Waals surface area contributed by atoms with Gasteiger partial charge in [-0.3, -0.25) is 4.79 Å². The monoisotopic (exact) mass is 486 g/mol. The number of carboxylic acids is 1. The molecule has 3 aliphatic heterocycles. The number of carbonyl (C=O) groups is 3. The lowest BCUT2D eigenvalue weighted by Gasteiger charge is -2.36. The normalized spacial score (nSPS) is 24.8. The van der Waals surface area contributed by atoms with Crippen LogP contribution in [0.4, 0.5) is 18.0 Å². The third-order valence-corrected chi connectivity index (χ3v) is 6.11. The van der Waals surface area contributed by atoms with E-state index in [2.05, 4.69) is 17.3 Å². The molecule has 4 rings (SSSR count). The van der Waals surface area contributed by atoms with Crippen molar-refractivity contribution in [2.75, 3.05) is 46.3 Å². The van der Waals surface area contributed by atoms with Crippen molar-refractivity contribution in [3.8, 4) is 0 Å². The van der Waals surface area contributed by atoms with Gasteiger partial charge in [-0.05, 0) is 19.0 Å². The SMILES string of the molecule is CN1CCN(C(=O)C2CC3CN(C(=O)NCc4ccccc4)CC2O3)CC1.O=C(O)C(F)(F)F. The second kappa shape index (κ2) is 11.0. The molecule has 3 fully saturated rings. The van der Waals surface area contributed by atoms with Crippen molar-refractivity contribution in [1.82, 2.24) is 20.0 Å². The molecule has 0 saturated carbocycles. The first-order valence-corrected chi connectivity index (χ1v) is 11.0. The molecular formula is C22H29F3N4O5. The van der Waals surface area contributed by atoms with Crippen molar-refractivity contribution in [1.29, 1.82) is 0 Å². The fraction of sp³-hybridized carbons (Fsp3) is 0.591. The van der Waals surface area contributed by atoms with Gasteiger partial charge < -0.3 is 29.9 Å². The quantitative estimate of drug-likeness (QED) is 0.670. The van der Waals surface area contributed by atoms with Crippen LogP contribution in [-0.2, 0) is 20.9 Å². The van der Waals surface area contributed by atoms with Gasteiger partial charge in [0.05, 0.1) is 18.1 Å². The Kier molecular flexibility index (Phi) is 8.37. The van der Waals surface area contributed by atoms with Crippen LogP contribution in [0.1, 0.15) is 12.0 Å². The maximum Gasteiger partial charge on any atom is 0.490 e. The Hall–Kier alpha value is -2.86. The molecule has 3 aliphatic rings. The Morgan fingerprint density at radius 3 is 2.26 bits per heavy atom. The summed E-state index contributed by atoms with van der Waals surface area (Å²) in [6, 6.07) is 9.80. The summed E-state index contributed by atoms with van der Waals surface area (Å²) in [5, 5.41) is 10.1. The minimum atomic E-state index is -5.08. The van der Waals surface area contributed by atoms with Crippen molar-refractivity contribution in [3.63, 3.8) is 0 Å². The first-order valence-electron chi connectivity index (χ1n) is 11.0. The van der Waals surface area contributed by atoms with E-state index in [1.807, 2.05) is 35.2 Å². The minimum absolute atomic E-state index is 0.0346. The average molecular weight is 486 g/mol. The second-order valence-corrected chi connectivity index (χ2v) is 8.62. The zero-order valence-electron chi connectivity index (χ0n) is 18.8. The third kappa shape index (κ3) is 6.83. The summed E-state index contributed by atoms with van der Waals surface area (Å²) in [5.41, 5.74) is 1.07. The molecule has 1 aromatic rings. The lowest BCUT2D eigenvalue weighted by atomic mass is 9.98. The van der Waals surface area contributed by atoms with Gasteiger partial charge in [-0.2, -0.15) is 13.2 Å². The predicted molar refractivity (Wildman–Crippen MR) is 115 cm³/mol. The summed E-state index contributed by atoms with van der Waals surface area (Å²) in [6.45, 7) is 4.96. The van der Waals surface area contributed by atoms with Crippen LogP contribution in [0.15, 0.2) is 30.3 Å². The fourth-order valence-electron chi connectivity index (χ4n) is 4.23. The van der Waals surface area contributed by atoms with Gasteiger partial charge in [0.25, 0.3) is 0 Å². The number of nitrogens with zero attached hydrogens (tertiary/aromatic N) is 3. The highest BCUT2D eigenvalue weighted by molar-refractivity contribution is 5.80. The molecule has 0 radical (unpaired) electrons. The number of piperazine rings is 1. The number of halogens is 3. The lowest BCUT2D eigenvalue weighted by Crippen LogP contribution is -2.53. The van der Waals surface area contributed by atoms with E-state index < -0.39 is 12.1 Å². The summed E-state index contributed by atoms with van der Waals surface area (Å²) in [6.07, 6.45) is -4.58. The Morgan fingerprint density at radius 2 is 1.68 bits per heavy atom. The highest BCUT2D eigenvalue weighted by Gasteiger charge is 2.47. The number of likely N-dealkylation sites (tertiary alicyclic amines) is 1. The number of fused-ring (bicyclic) bond motifs is 2. The molecule has 3 unspecified atom stereocenters. The number of benzene rings is 1. The van der Waals surface area contributed by atoms with Gasteiger partial charge in [0.15, 0.2) is 0 Å². The van der Waals surface area contributed by atoms with Crippen molar-refractivity contribution >= 4 is 17.9 Å². The standard InChI is InChI=1S/C20H28N4O3.C2HF3O2/c1-22-7-9-23(10-8-22)19(25)17-11-16-13-24(14-18(17)27-16)20(26)21-12-15-5-3-2-4-6-15;3-2(4,5)1(6)7/h2-6,16-18H,7-14H2,1H3,(H,21,26);(H,6,7). The Labute approximate surface area is 195 Å². The molecule has 2 bridgehead atoms. The van der Waals surface area contributed by atoms with E-state index in [9.17, 15) is 22.8 Å². The molecule has 34 heavy (non-hydrogen) atoms. The van der Waals surface area contributed by atoms with Gasteiger partial charge in [0.2, 0.25) is 5.91 Å². The summed E-state index contributed by atoms with van der Waals surface area (Å²) >= 11 is 0. The zero-order valence-corrected chi connectivity index (χ0v) is 18.8. The Balaban J connectivity index is 0.000000406. The molecule has 188 valence electrons. The highest BCUT2D eigenvalue weighted by Crippen LogP contribution is 2.33. The van der Waals surface area contributed by atoms with Crippen molar-refractivity contribution in [3.05, 3.63) is 35.9 Å². The van der Waals surface area contributed by atoms with E-state index in [1.165, 1.54) is 0 Å². The third-order valence-electron chi connectivity index (χ3n) is 6.11. The van der Waals surface area contributed by atoms with Crippen molar-refractivity contribution in [2.24, 2.45) is 5.92 Å². The molecule has 0 aliphatic carbocycles. The fourth-order valence-corrected chi connectivity index (χ4v) is 4.23. The van der Waals surface area contributed by atoms with Gasteiger partial charge in [-0.1, -0.05) is 30.3 Å². The van der Waals surface area contributed by atoms with Crippen LogP contribution < -0.4 is 5.32 Å². The molecule has 9 nitrogen and oxygen atoms in total. The number of hydrogen-bond donors (Lipinski definition) is 2. The molecule has 3 heterocycles. The summed E-state index contributed by atoms with van der Waals surface area (Å²) in [7, 11) is 2.08. The van der Waals surface area contributed by atoms with Crippen LogP contribution in [-0.4, -0.2) is 102 Å². The van der Waals surface area contributed by atoms with Crippen LogP contribution in [0.2, 0.25) is 0 Å². The van der Waals surface area contributed by atoms with E-state index in [-0.39, 0.29) is 30.1 Å². The predicted octanol–water partition coefficient (Wildman–Crippen LogP) is 1.39. The number of hydrogen-bond acceptors (Lipinski definition) is 5. The van der Waals surface area contributed by atoms with Crippen LogP contribution >= 0.6 is 0 Å². The Morgan fingerprint density at radius 1 is 1.06 bits per heavy atom. The number of rotatable bonds is 3. The molecule has 0 aromatic heterocycles. The van der Waals surface area contributed by atoms with Gasteiger partial charge in [0, 0.05) is 45.8 Å². The lowest BCUT2D eigenvalue weighted by molar-refractivity contribution is -0.192. The highest BCUT2D eigenvalue weighted by atomic mass is 19.4.